The van der Waals surface area contributed by atoms with Gasteiger partial charge in [0, 0.05) is 12.1 Å². The zero-order chi connectivity index (χ0) is 11.5. The number of benzene rings is 1. The predicted octanol–water partition coefficient (Wildman–Crippen LogP) is 3.33. The molecule has 0 atom stereocenters. The van der Waals surface area contributed by atoms with Gasteiger partial charge in [0.05, 0.1) is 0 Å². The summed E-state index contributed by atoms with van der Waals surface area (Å²) in [7, 11) is 0. The zero-order valence-electron chi connectivity index (χ0n) is 9.53. The first-order chi connectivity index (χ1) is 7.72. The van der Waals surface area contributed by atoms with Gasteiger partial charge >= 0.3 is 0 Å². The number of H-pyrrole nitrogens is 1. The van der Waals surface area contributed by atoms with Gasteiger partial charge in [0.2, 0.25) is 0 Å². The summed E-state index contributed by atoms with van der Waals surface area (Å²) in [5.74, 6) is 0.923. The van der Waals surface area contributed by atoms with Crippen molar-refractivity contribution in [2.75, 3.05) is 0 Å². The monoisotopic (exact) mass is 233 g/mol. The minimum absolute atomic E-state index is 0.692. The van der Waals surface area contributed by atoms with Crippen molar-refractivity contribution in [3.63, 3.8) is 0 Å². The number of nitrogens with zero attached hydrogens (tertiary/aromatic N) is 2. The molecule has 0 aliphatic rings. The number of hydrogen-bond acceptors (Lipinski definition) is 2. The van der Waals surface area contributed by atoms with Crippen molar-refractivity contribution >= 4 is 12.2 Å². The first-order valence-corrected chi connectivity index (χ1v) is 5.85. The van der Waals surface area contributed by atoms with Gasteiger partial charge in [-0.25, -0.2) is 0 Å². The van der Waals surface area contributed by atoms with E-state index in [0.717, 1.165) is 24.4 Å². The molecule has 1 aromatic heterocycles. The number of rotatable bonds is 3. The lowest BCUT2D eigenvalue weighted by atomic mass is 10.1. The summed E-state index contributed by atoms with van der Waals surface area (Å²) < 4.78 is 2.73. The second-order valence-corrected chi connectivity index (χ2v) is 4.26. The molecule has 0 bridgehead atoms. The van der Waals surface area contributed by atoms with Gasteiger partial charge in [-0.05, 0) is 25.6 Å². The van der Waals surface area contributed by atoms with Crippen LogP contribution in [0.5, 0.6) is 0 Å². The largest absolute Gasteiger partial charge is 0.300 e. The summed E-state index contributed by atoms with van der Waals surface area (Å²) in [5.41, 5.74) is 2.35. The van der Waals surface area contributed by atoms with E-state index in [9.17, 15) is 0 Å². The summed E-state index contributed by atoms with van der Waals surface area (Å²) in [5, 5.41) is 7.13. The summed E-state index contributed by atoms with van der Waals surface area (Å²) in [6.45, 7) is 5.11. The van der Waals surface area contributed by atoms with E-state index >= 15 is 0 Å². The standard InChI is InChI=1S/C12H15N3S/c1-3-8-15-11(13-14-12(15)16)10-6-4-9(2)5-7-10/h4-7H,3,8H2,1-2H3,(H,14,16). The minimum Gasteiger partial charge on any atom is -0.300 e. The van der Waals surface area contributed by atoms with Crippen molar-refractivity contribution in [2.24, 2.45) is 0 Å². The Hall–Kier alpha value is -1.42. The van der Waals surface area contributed by atoms with Gasteiger partial charge in [0.1, 0.15) is 0 Å². The molecule has 0 amide bonds. The molecule has 0 saturated carbocycles. The SMILES string of the molecule is CCCn1c(-c2ccc(C)cc2)n[nH]c1=S. The molecule has 2 rings (SSSR count). The van der Waals surface area contributed by atoms with Gasteiger partial charge in [-0.1, -0.05) is 36.8 Å². The predicted molar refractivity (Wildman–Crippen MR) is 67.9 cm³/mol. The Labute approximate surface area is 100 Å². The molecule has 0 aliphatic heterocycles. The smallest absolute Gasteiger partial charge is 0.195 e. The fourth-order valence-corrected chi connectivity index (χ4v) is 1.90. The van der Waals surface area contributed by atoms with E-state index in [0.29, 0.717) is 4.77 Å². The maximum atomic E-state index is 5.21. The van der Waals surface area contributed by atoms with E-state index in [2.05, 4.69) is 48.3 Å². The Bertz CT molecular complexity index is 522. The third-order valence-corrected chi connectivity index (χ3v) is 2.83. The highest BCUT2D eigenvalue weighted by Gasteiger charge is 2.07. The third-order valence-electron chi connectivity index (χ3n) is 2.52. The van der Waals surface area contributed by atoms with E-state index < -0.39 is 0 Å². The Morgan fingerprint density at radius 1 is 1.31 bits per heavy atom. The minimum atomic E-state index is 0.692. The topological polar surface area (TPSA) is 33.6 Å². The highest BCUT2D eigenvalue weighted by Crippen LogP contribution is 2.17. The van der Waals surface area contributed by atoms with Gasteiger partial charge in [0.25, 0.3) is 0 Å². The first kappa shape index (κ1) is 11.1. The van der Waals surface area contributed by atoms with Crippen LogP contribution in [0.4, 0.5) is 0 Å². The van der Waals surface area contributed by atoms with Crippen LogP contribution in [0.2, 0.25) is 0 Å². The number of hydrogen-bond donors (Lipinski definition) is 1. The fraction of sp³-hybridized carbons (Fsp3) is 0.333. The van der Waals surface area contributed by atoms with Gasteiger partial charge in [-0.2, -0.15) is 5.10 Å². The van der Waals surface area contributed by atoms with E-state index in [-0.39, 0.29) is 0 Å². The molecule has 0 fully saturated rings. The van der Waals surface area contributed by atoms with Crippen molar-refractivity contribution in [3.05, 3.63) is 34.6 Å². The molecule has 84 valence electrons. The summed E-state index contributed by atoms with van der Waals surface area (Å²) in [6, 6.07) is 8.32. The summed E-state index contributed by atoms with van der Waals surface area (Å²) in [6.07, 6.45) is 1.05. The highest BCUT2D eigenvalue weighted by molar-refractivity contribution is 7.71. The van der Waals surface area contributed by atoms with Crippen LogP contribution >= 0.6 is 12.2 Å². The van der Waals surface area contributed by atoms with Crippen molar-refractivity contribution in [3.8, 4) is 11.4 Å². The van der Waals surface area contributed by atoms with Crippen LogP contribution < -0.4 is 0 Å². The second-order valence-electron chi connectivity index (χ2n) is 3.87. The maximum absolute atomic E-state index is 5.21. The second kappa shape index (κ2) is 4.61. The molecule has 1 aromatic carbocycles. The Morgan fingerprint density at radius 3 is 2.62 bits per heavy atom. The van der Waals surface area contributed by atoms with Crippen molar-refractivity contribution in [1.29, 1.82) is 0 Å². The molecule has 2 aromatic rings. The third kappa shape index (κ3) is 2.07. The number of aromatic amines is 1. The zero-order valence-corrected chi connectivity index (χ0v) is 10.3. The van der Waals surface area contributed by atoms with Crippen LogP contribution in [-0.2, 0) is 6.54 Å². The van der Waals surface area contributed by atoms with Crippen LogP contribution in [-0.4, -0.2) is 14.8 Å². The van der Waals surface area contributed by atoms with E-state index in [1.165, 1.54) is 5.56 Å². The van der Waals surface area contributed by atoms with Gasteiger partial charge < -0.3 is 4.57 Å². The van der Waals surface area contributed by atoms with Crippen LogP contribution in [0.1, 0.15) is 18.9 Å². The Morgan fingerprint density at radius 2 is 2.00 bits per heavy atom. The number of aryl methyl sites for hydroxylation is 1. The van der Waals surface area contributed by atoms with E-state index in [1.54, 1.807) is 0 Å². The number of aromatic nitrogens is 3. The Kier molecular flexibility index (Phi) is 3.19. The molecule has 1 heterocycles. The van der Waals surface area contributed by atoms with Gasteiger partial charge in [0.15, 0.2) is 10.6 Å². The molecule has 3 nitrogen and oxygen atoms in total. The summed E-state index contributed by atoms with van der Waals surface area (Å²) >= 11 is 5.21. The maximum Gasteiger partial charge on any atom is 0.195 e. The lowest BCUT2D eigenvalue weighted by Crippen LogP contribution is -1.99. The van der Waals surface area contributed by atoms with Crippen LogP contribution in [0.15, 0.2) is 24.3 Å². The highest BCUT2D eigenvalue weighted by atomic mass is 32.1. The lowest BCUT2D eigenvalue weighted by Gasteiger charge is -2.05. The Balaban J connectivity index is 2.47. The molecule has 1 N–H and O–H groups in total. The van der Waals surface area contributed by atoms with Gasteiger partial charge in [-0.3, -0.25) is 5.10 Å². The molecular formula is C12H15N3S. The van der Waals surface area contributed by atoms with E-state index in [4.69, 9.17) is 12.2 Å². The molecule has 0 saturated heterocycles. The fourth-order valence-electron chi connectivity index (χ4n) is 1.67. The van der Waals surface area contributed by atoms with Crippen molar-refractivity contribution < 1.29 is 0 Å². The van der Waals surface area contributed by atoms with Crippen molar-refractivity contribution in [2.45, 2.75) is 26.8 Å². The molecule has 0 aliphatic carbocycles. The van der Waals surface area contributed by atoms with E-state index in [1.807, 2.05) is 4.57 Å². The quantitative estimate of drug-likeness (QED) is 0.825. The average molecular weight is 233 g/mol. The average Bonchev–Trinajstić information content (AvgIpc) is 2.63. The normalized spacial score (nSPS) is 10.6. The van der Waals surface area contributed by atoms with Crippen LogP contribution in [0.3, 0.4) is 0 Å². The first-order valence-electron chi connectivity index (χ1n) is 5.44. The molecular weight excluding hydrogens is 218 g/mol. The molecule has 16 heavy (non-hydrogen) atoms. The van der Waals surface area contributed by atoms with Crippen molar-refractivity contribution in [1.82, 2.24) is 14.8 Å². The van der Waals surface area contributed by atoms with Gasteiger partial charge in [-0.15, -0.1) is 0 Å². The van der Waals surface area contributed by atoms with Crippen LogP contribution in [0.25, 0.3) is 11.4 Å². The lowest BCUT2D eigenvalue weighted by molar-refractivity contribution is 0.675. The molecule has 4 heteroatoms. The molecule has 0 unspecified atom stereocenters. The molecule has 0 radical (unpaired) electrons. The number of nitrogens with one attached hydrogen (secondary N) is 1. The molecule has 0 spiro atoms. The van der Waals surface area contributed by atoms with Crippen LogP contribution in [0, 0.1) is 11.7 Å². The summed E-state index contributed by atoms with van der Waals surface area (Å²) in [4.78, 5) is 0.